The zero-order chi connectivity index (χ0) is 19.7. The number of rotatable bonds is 4. The van der Waals surface area contributed by atoms with Crippen LogP contribution in [0.2, 0.25) is 0 Å². The Balaban J connectivity index is 1.65. The van der Waals surface area contributed by atoms with Gasteiger partial charge in [0, 0.05) is 11.5 Å². The molecule has 3 aromatic rings. The van der Waals surface area contributed by atoms with Crippen LogP contribution in [0.3, 0.4) is 0 Å². The van der Waals surface area contributed by atoms with Crippen molar-refractivity contribution in [2.24, 2.45) is 0 Å². The van der Waals surface area contributed by atoms with Crippen molar-refractivity contribution in [1.82, 2.24) is 15.5 Å². The Bertz CT molecular complexity index is 1070. The highest BCUT2D eigenvalue weighted by molar-refractivity contribution is 5.95. The molecule has 1 fully saturated rings. The second kappa shape index (κ2) is 7.19. The lowest BCUT2D eigenvalue weighted by atomic mass is 9.73. The molecule has 0 radical (unpaired) electrons. The van der Waals surface area contributed by atoms with E-state index in [-0.39, 0.29) is 28.1 Å². The number of aromatic nitrogens is 2. The highest BCUT2D eigenvalue weighted by atomic mass is 19.1. The van der Waals surface area contributed by atoms with Crippen LogP contribution in [-0.4, -0.2) is 22.1 Å². The fourth-order valence-corrected chi connectivity index (χ4v) is 4.42. The van der Waals surface area contributed by atoms with Crippen LogP contribution in [0.5, 0.6) is 0 Å². The number of nitrogens with zero attached hydrogens (tertiary/aromatic N) is 1. The maximum absolute atomic E-state index is 13.8. The van der Waals surface area contributed by atoms with Gasteiger partial charge in [0.25, 0.3) is 5.91 Å². The number of para-hydroxylation sites is 1. The quantitative estimate of drug-likeness (QED) is 0.726. The van der Waals surface area contributed by atoms with E-state index in [4.69, 9.17) is 0 Å². The van der Waals surface area contributed by atoms with Gasteiger partial charge >= 0.3 is 0 Å². The molecule has 1 amide bonds. The molecule has 1 aliphatic rings. The highest BCUT2D eigenvalue weighted by Gasteiger charge is 2.41. The number of benzene rings is 2. The largest absolute Gasteiger partial charge is 0.347 e. The van der Waals surface area contributed by atoms with E-state index >= 15 is 0 Å². The summed E-state index contributed by atoms with van der Waals surface area (Å²) in [6.07, 6.45) is 4.16. The first-order chi connectivity index (χ1) is 13.5. The Morgan fingerprint density at radius 3 is 2.57 bits per heavy atom. The molecule has 5 nitrogen and oxygen atoms in total. The van der Waals surface area contributed by atoms with E-state index in [9.17, 15) is 14.0 Å². The highest BCUT2D eigenvalue weighted by Crippen LogP contribution is 2.43. The second-order valence-electron chi connectivity index (χ2n) is 7.49. The molecule has 0 spiro atoms. The van der Waals surface area contributed by atoms with E-state index in [2.05, 4.69) is 27.6 Å². The van der Waals surface area contributed by atoms with Crippen LogP contribution in [0.1, 0.15) is 48.7 Å². The molecule has 1 saturated carbocycles. The van der Waals surface area contributed by atoms with Gasteiger partial charge in [-0.05, 0) is 37.5 Å². The number of hydrogen-bond acceptors (Lipinski definition) is 3. The molecule has 0 saturated heterocycles. The van der Waals surface area contributed by atoms with Gasteiger partial charge in [0.05, 0.1) is 5.39 Å². The van der Waals surface area contributed by atoms with Gasteiger partial charge in [0.1, 0.15) is 11.3 Å². The smallest absolute Gasteiger partial charge is 0.276 e. The standard InChI is InChI=1S/C22H22FN3O2/c1-14(22(12-5-6-13-22)15-8-3-2-4-9-15)24-21(28)19-20(27)16-10-7-11-17(23)18(16)25-26-19/h2-4,7-11,14H,5-6,12-13H2,1H3,(H,24,28)(H,25,27). The molecule has 0 bridgehead atoms. The predicted molar refractivity (Wildman–Crippen MR) is 106 cm³/mol. The van der Waals surface area contributed by atoms with Crippen molar-refractivity contribution in [2.75, 3.05) is 0 Å². The van der Waals surface area contributed by atoms with Gasteiger partial charge in [-0.3, -0.25) is 14.7 Å². The topological polar surface area (TPSA) is 74.8 Å². The van der Waals surface area contributed by atoms with E-state index in [1.807, 2.05) is 25.1 Å². The first kappa shape index (κ1) is 18.3. The Labute approximate surface area is 162 Å². The molecule has 2 N–H and O–H groups in total. The molecule has 1 unspecified atom stereocenters. The average Bonchev–Trinajstić information content (AvgIpc) is 3.21. The first-order valence-electron chi connectivity index (χ1n) is 9.56. The number of aromatic amines is 1. The minimum Gasteiger partial charge on any atom is -0.347 e. The Hall–Kier alpha value is -3.02. The lowest BCUT2D eigenvalue weighted by Crippen LogP contribution is -2.48. The molecular formula is C22H22FN3O2. The molecule has 1 atom stereocenters. The Morgan fingerprint density at radius 1 is 1.14 bits per heavy atom. The molecule has 144 valence electrons. The minimum atomic E-state index is -0.573. The zero-order valence-corrected chi connectivity index (χ0v) is 15.7. The van der Waals surface area contributed by atoms with Crippen molar-refractivity contribution in [3.8, 4) is 0 Å². The third-order valence-electron chi connectivity index (χ3n) is 5.99. The summed E-state index contributed by atoms with van der Waals surface area (Å²) in [4.78, 5) is 25.5. The number of H-pyrrole nitrogens is 1. The summed E-state index contributed by atoms with van der Waals surface area (Å²) in [6.45, 7) is 1.98. The van der Waals surface area contributed by atoms with Crippen LogP contribution in [0.4, 0.5) is 4.39 Å². The Kier molecular flexibility index (Phi) is 4.71. The van der Waals surface area contributed by atoms with Gasteiger partial charge in [-0.25, -0.2) is 4.39 Å². The molecule has 28 heavy (non-hydrogen) atoms. The molecule has 1 aromatic heterocycles. The molecule has 6 heteroatoms. The summed E-state index contributed by atoms with van der Waals surface area (Å²) in [6, 6.07) is 14.2. The van der Waals surface area contributed by atoms with Crippen LogP contribution in [0, 0.1) is 5.82 Å². The number of nitrogens with one attached hydrogen (secondary N) is 2. The summed E-state index contributed by atoms with van der Waals surface area (Å²) in [7, 11) is 0. The summed E-state index contributed by atoms with van der Waals surface area (Å²) in [5.74, 6) is -1.11. The van der Waals surface area contributed by atoms with Crippen molar-refractivity contribution in [3.05, 3.63) is 75.8 Å². The lowest BCUT2D eigenvalue weighted by Gasteiger charge is -2.36. The number of carbonyl (C=O) groups is 1. The number of halogens is 1. The predicted octanol–water partition coefficient (Wildman–Crippen LogP) is 3.69. The number of fused-ring (bicyclic) bond motifs is 1. The van der Waals surface area contributed by atoms with Gasteiger partial charge in [-0.1, -0.05) is 49.2 Å². The maximum atomic E-state index is 13.8. The van der Waals surface area contributed by atoms with Gasteiger partial charge in [-0.15, -0.1) is 0 Å². The summed E-state index contributed by atoms with van der Waals surface area (Å²) < 4.78 is 13.8. The normalized spacial score (nSPS) is 16.8. The summed E-state index contributed by atoms with van der Waals surface area (Å²) in [5, 5.41) is 9.46. The monoisotopic (exact) mass is 379 g/mol. The van der Waals surface area contributed by atoms with E-state index in [1.165, 1.54) is 23.8 Å². The van der Waals surface area contributed by atoms with Crippen LogP contribution in [0.15, 0.2) is 53.3 Å². The zero-order valence-electron chi connectivity index (χ0n) is 15.7. The molecule has 0 aliphatic heterocycles. The van der Waals surface area contributed by atoms with Crippen molar-refractivity contribution < 1.29 is 9.18 Å². The third-order valence-corrected chi connectivity index (χ3v) is 5.99. The second-order valence-corrected chi connectivity index (χ2v) is 7.49. The number of carbonyl (C=O) groups excluding carboxylic acids is 1. The number of hydrogen-bond donors (Lipinski definition) is 2. The third kappa shape index (κ3) is 2.99. The van der Waals surface area contributed by atoms with E-state index < -0.39 is 17.2 Å². The van der Waals surface area contributed by atoms with Crippen LogP contribution < -0.4 is 10.7 Å². The molecule has 1 heterocycles. The van der Waals surface area contributed by atoms with E-state index in [0.29, 0.717) is 0 Å². The summed E-state index contributed by atoms with van der Waals surface area (Å²) in [5.41, 5.74) is 0.229. The maximum Gasteiger partial charge on any atom is 0.276 e. The minimum absolute atomic E-state index is 0.00801. The SMILES string of the molecule is CC(NC(=O)c1n[nH]c2c(F)cccc2c1=O)C1(c2ccccc2)CCCC1. The van der Waals surface area contributed by atoms with Crippen molar-refractivity contribution in [2.45, 2.75) is 44.1 Å². The van der Waals surface area contributed by atoms with E-state index in [0.717, 1.165) is 25.7 Å². The fraction of sp³-hybridized carbons (Fsp3) is 0.318. The van der Waals surface area contributed by atoms with Crippen LogP contribution in [-0.2, 0) is 5.41 Å². The van der Waals surface area contributed by atoms with Crippen molar-refractivity contribution in [3.63, 3.8) is 0 Å². The van der Waals surface area contributed by atoms with Crippen LogP contribution in [0.25, 0.3) is 10.9 Å². The van der Waals surface area contributed by atoms with Gasteiger partial charge in [0.15, 0.2) is 5.69 Å². The van der Waals surface area contributed by atoms with Gasteiger partial charge in [-0.2, -0.15) is 5.10 Å². The van der Waals surface area contributed by atoms with Crippen molar-refractivity contribution >= 4 is 16.8 Å². The first-order valence-corrected chi connectivity index (χ1v) is 9.56. The van der Waals surface area contributed by atoms with E-state index in [1.54, 1.807) is 0 Å². The number of amides is 1. The molecule has 2 aromatic carbocycles. The molecule has 4 rings (SSSR count). The van der Waals surface area contributed by atoms with Crippen molar-refractivity contribution in [1.29, 1.82) is 0 Å². The fourth-order valence-electron chi connectivity index (χ4n) is 4.42. The molecule has 1 aliphatic carbocycles. The summed E-state index contributed by atoms with van der Waals surface area (Å²) >= 11 is 0. The van der Waals surface area contributed by atoms with Gasteiger partial charge in [0.2, 0.25) is 5.43 Å². The van der Waals surface area contributed by atoms with Gasteiger partial charge < -0.3 is 5.32 Å². The van der Waals surface area contributed by atoms with Crippen LogP contribution >= 0.6 is 0 Å². The lowest BCUT2D eigenvalue weighted by molar-refractivity contribution is 0.0911. The average molecular weight is 379 g/mol. The molecular weight excluding hydrogens is 357 g/mol. The Morgan fingerprint density at radius 2 is 1.86 bits per heavy atom.